The maximum absolute atomic E-state index is 12.8. The van der Waals surface area contributed by atoms with Crippen molar-refractivity contribution in [3.05, 3.63) is 53.2 Å². The minimum absolute atomic E-state index is 0.229. The molecule has 0 radical (unpaired) electrons. The number of aromatic nitrogens is 1. The average Bonchev–Trinajstić information content (AvgIpc) is 3.23. The second-order valence-corrected chi connectivity index (χ2v) is 8.41. The molecular weight excluding hydrogens is 414 g/mol. The Labute approximate surface area is 186 Å². The molecule has 3 aromatic rings. The summed E-state index contributed by atoms with van der Waals surface area (Å²) >= 11 is 6.24. The van der Waals surface area contributed by atoms with Crippen molar-refractivity contribution in [3.8, 4) is 11.5 Å². The molecule has 6 nitrogen and oxygen atoms in total. The van der Waals surface area contributed by atoms with Gasteiger partial charge in [0.1, 0.15) is 13.2 Å². The van der Waals surface area contributed by atoms with E-state index in [2.05, 4.69) is 22.0 Å². The number of ether oxygens (including phenoxy) is 2. The predicted molar refractivity (Wildman–Crippen MR) is 122 cm³/mol. The van der Waals surface area contributed by atoms with Crippen LogP contribution < -0.4 is 14.4 Å². The van der Waals surface area contributed by atoms with Crippen LogP contribution in [0.25, 0.3) is 10.9 Å². The zero-order valence-corrected chi connectivity index (χ0v) is 18.2. The highest BCUT2D eigenvalue weighted by Crippen LogP contribution is 2.39. The molecule has 0 unspecified atom stereocenters. The van der Waals surface area contributed by atoms with Gasteiger partial charge in [-0.25, -0.2) is 0 Å². The summed E-state index contributed by atoms with van der Waals surface area (Å²) in [6, 6.07) is 11.9. The third-order valence-electron chi connectivity index (χ3n) is 6.11. The van der Waals surface area contributed by atoms with E-state index >= 15 is 0 Å². The van der Waals surface area contributed by atoms with E-state index in [9.17, 15) is 4.79 Å². The van der Waals surface area contributed by atoms with E-state index in [1.54, 1.807) is 0 Å². The molecule has 1 N–H and O–H groups in total. The van der Waals surface area contributed by atoms with Crippen molar-refractivity contribution in [2.75, 3.05) is 44.3 Å². The molecule has 0 atom stereocenters. The number of halogens is 1. The number of H-pyrrole nitrogens is 1. The summed E-state index contributed by atoms with van der Waals surface area (Å²) in [6.07, 6.45) is 4.26. The lowest BCUT2D eigenvalue weighted by molar-refractivity contribution is -0.131. The summed E-state index contributed by atoms with van der Waals surface area (Å²) in [7, 11) is 0. The van der Waals surface area contributed by atoms with E-state index in [4.69, 9.17) is 21.1 Å². The molecule has 1 fully saturated rings. The number of aromatic amines is 1. The Balaban J connectivity index is 1.14. The van der Waals surface area contributed by atoms with E-state index in [1.165, 1.54) is 5.56 Å². The van der Waals surface area contributed by atoms with E-state index < -0.39 is 0 Å². The Morgan fingerprint density at radius 1 is 1.03 bits per heavy atom. The molecule has 2 aliphatic heterocycles. The van der Waals surface area contributed by atoms with Gasteiger partial charge in [0.25, 0.3) is 0 Å². The number of anilines is 1. The van der Waals surface area contributed by atoms with E-state index in [0.717, 1.165) is 72.1 Å². The minimum Gasteiger partial charge on any atom is -0.486 e. The predicted octanol–water partition coefficient (Wildman–Crippen LogP) is 4.26. The van der Waals surface area contributed by atoms with Crippen molar-refractivity contribution in [1.29, 1.82) is 0 Å². The molecule has 0 aliphatic carbocycles. The van der Waals surface area contributed by atoms with Crippen LogP contribution in [0.3, 0.4) is 0 Å². The Hall–Kier alpha value is -2.86. The fraction of sp³-hybridized carbons (Fsp3) is 0.375. The van der Waals surface area contributed by atoms with Crippen molar-refractivity contribution in [1.82, 2.24) is 9.88 Å². The number of para-hydroxylation sites is 2. The fourth-order valence-corrected chi connectivity index (χ4v) is 4.70. The van der Waals surface area contributed by atoms with Gasteiger partial charge < -0.3 is 24.3 Å². The smallest absolute Gasteiger partial charge is 0.222 e. The van der Waals surface area contributed by atoms with Gasteiger partial charge in [-0.05, 0) is 36.6 Å². The summed E-state index contributed by atoms with van der Waals surface area (Å²) < 4.78 is 11.5. The molecule has 3 heterocycles. The van der Waals surface area contributed by atoms with Crippen molar-refractivity contribution >= 4 is 34.1 Å². The molecule has 0 bridgehead atoms. The standard InChI is InChI=1S/C24H26ClN3O3/c25-19-6-2-5-18-17(16-26-23(18)19)4-1-9-22(29)28-12-10-27(11-13-28)20-7-3-8-21-24(20)31-15-14-30-21/h2-3,5-8,16,26H,1,4,9-15H2. The van der Waals surface area contributed by atoms with Gasteiger partial charge >= 0.3 is 0 Å². The largest absolute Gasteiger partial charge is 0.486 e. The fourth-order valence-electron chi connectivity index (χ4n) is 4.47. The second-order valence-electron chi connectivity index (χ2n) is 8.00. The van der Waals surface area contributed by atoms with Gasteiger partial charge in [0.2, 0.25) is 5.91 Å². The Morgan fingerprint density at radius 3 is 2.71 bits per heavy atom. The Bertz CT molecular complexity index is 1090. The number of aryl methyl sites for hydroxylation is 1. The summed E-state index contributed by atoms with van der Waals surface area (Å²) in [5.41, 5.74) is 3.24. The summed E-state index contributed by atoms with van der Waals surface area (Å²) in [6.45, 7) is 4.21. The third-order valence-corrected chi connectivity index (χ3v) is 6.42. The highest BCUT2D eigenvalue weighted by Gasteiger charge is 2.25. The van der Waals surface area contributed by atoms with Crippen molar-refractivity contribution in [2.24, 2.45) is 0 Å². The van der Waals surface area contributed by atoms with Crippen molar-refractivity contribution in [3.63, 3.8) is 0 Å². The van der Waals surface area contributed by atoms with Crippen LogP contribution in [-0.2, 0) is 11.2 Å². The Morgan fingerprint density at radius 2 is 1.84 bits per heavy atom. The first-order valence-corrected chi connectivity index (χ1v) is 11.2. The Kier molecular flexibility index (Phi) is 5.64. The monoisotopic (exact) mass is 439 g/mol. The number of carbonyl (C=O) groups is 1. The SMILES string of the molecule is O=C(CCCc1c[nH]c2c(Cl)cccc12)N1CCN(c2cccc3c2OCCO3)CC1. The molecule has 1 amide bonds. The quantitative estimate of drug-likeness (QED) is 0.645. The van der Waals surface area contributed by atoms with Crippen LogP contribution in [0, 0.1) is 0 Å². The molecule has 162 valence electrons. The molecule has 1 aromatic heterocycles. The normalized spacial score (nSPS) is 16.0. The summed E-state index contributed by atoms with van der Waals surface area (Å²) in [4.78, 5) is 20.3. The van der Waals surface area contributed by atoms with Crippen LogP contribution in [0.1, 0.15) is 18.4 Å². The number of nitrogens with one attached hydrogen (secondary N) is 1. The number of carbonyl (C=O) groups excluding carboxylic acids is 1. The molecule has 2 aliphatic rings. The van der Waals surface area contributed by atoms with Gasteiger partial charge in [0.15, 0.2) is 11.5 Å². The lowest BCUT2D eigenvalue weighted by Gasteiger charge is -2.37. The lowest BCUT2D eigenvalue weighted by atomic mass is 10.1. The number of amides is 1. The highest BCUT2D eigenvalue weighted by atomic mass is 35.5. The second kappa shape index (κ2) is 8.71. The third kappa shape index (κ3) is 4.04. The maximum Gasteiger partial charge on any atom is 0.222 e. The van der Waals surface area contributed by atoms with Crippen molar-refractivity contribution in [2.45, 2.75) is 19.3 Å². The molecule has 1 saturated heterocycles. The zero-order valence-electron chi connectivity index (χ0n) is 17.4. The van der Waals surface area contributed by atoms with Gasteiger partial charge in [0.05, 0.1) is 16.2 Å². The molecule has 0 spiro atoms. The van der Waals surface area contributed by atoms with Crippen LogP contribution in [0.15, 0.2) is 42.6 Å². The number of rotatable bonds is 5. The summed E-state index contributed by atoms with van der Waals surface area (Å²) in [5.74, 6) is 1.86. The highest BCUT2D eigenvalue weighted by molar-refractivity contribution is 6.35. The van der Waals surface area contributed by atoms with Gasteiger partial charge in [-0.15, -0.1) is 0 Å². The van der Waals surface area contributed by atoms with Crippen LogP contribution >= 0.6 is 11.6 Å². The van der Waals surface area contributed by atoms with Gasteiger partial charge in [-0.1, -0.05) is 29.8 Å². The number of benzene rings is 2. The van der Waals surface area contributed by atoms with Crippen LogP contribution in [0.4, 0.5) is 5.69 Å². The molecule has 0 saturated carbocycles. The lowest BCUT2D eigenvalue weighted by Crippen LogP contribution is -2.49. The van der Waals surface area contributed by atoms with Gasteiger partial charge in [-0.2, -0.15) is 0 Å². The van der Waals surface area contributed by atoms with Gasteiger partial charge in [-0.3, -0.25) is 4.79 Å². The number of fused-ring (bicyclic) bond motifs is 2. The number of hydrogen-bond acceptors (Lipinski definition) is 4. The maximum atomic E-state index is 12.8. The van der Waals surface area contributed by atoms with E-state index in [1.807, 2.05) is 35.4 Å². The first-order valence-electron chi connectivity index (χ1n) is 10.9. The zero-order chi connectivity index (χ0) is 21.2. The van der Waals surface area contributed by atoms with Crippen LogP contribution in [0.5, 0.6) is 11.5 Å². The molecule has 7 heteroatoms. The van der Waals surface area contributed by atoms with Crippen molar-refractivity contribution < 1.29 is 14.3 Å². The van der Waals surface area contributed by atoms with E-state index in [-0.39, 0.29) is 5.91 Å². The van der Waals surface area contributed by atoms with E-state index in [0.29, 0.717) is 19.6 Å². The molecule has 5 rings (SSSR count). The van der Waals surface area contributed by atoms with Crippen LogP contribution in [0.2, 0.25) is 5.02 Å². The molecular formula is C24H26ClN3O3. The number of hydrogen-bond donors (Lipinski definition) is 1. The summed E-state index contributed by atoms with van der Waals surface area (Å²) in [5, 5.41) is 1.88. The molecule has 31 heavy (non-hydrogen) atoms. The topological polar surface area (TPSA) is 57.8 Å². The number of nitrogens with zero attached hydrogens (tertiary/aromatic N) is 2. The first kappa shape index (κ1) is 20.1. The average molecular weight is 440 g/mol. The molecule has 2 aromatic carbocycles. The minimum atomic E-state index is 0.229. The number of piperazine rings is 1. The van der Waals surface area contributed by atoms with Crippen LogP contribution in [-0.4, -0.2) is 55.2 Å². The first-order chi connectivity index (χ1) is 15.2. The van der Waals surface area contributed by atoms with Gasteiger partial charge in [0, 0.05) is 44.2 Å².